The summed E-state index contributed by atoms with van der Waals surface area (Å²) in [5.41, 5.74) is 0. The minimum atomic E-state index is -1.78. The fourth-order valence-electron chi connectivity index (χ4n) is 2.59. The van der Waals surface area contributed by atoms with Gasteiger partial charge in [-0.05, 0) is 58.9 Å². The van der Waals surface area contributed by atoms with Gasteiger partial charge in [-0.3, -0.25) is 0 Å². The number of methoxy groups -OCH3 is 1. The lowest BCUT2D eigenvalue weighted by Crippen LogP contribution is -2.62. The van der Waals surface area contributed by atoms with Crippen LogP contribution in [0.3, 0.4) is 0 Å². The molecule has 1 unspecified atom stereocenters. The molecule has 1 aliphatic rings. The first-order valence-electron chi connectivity index (χ1n) is 8.40. The van der Waals surface area contributed by atoms with Gasteiger partial charge in [0.2, 0.25) is 0 Å². The molecule has 8 heteroatoms. The van der Waals surface area contributed by atoms with Gasteiger partial charge in [-0.1, -0.05) is 0 Å². The van der Waals surface area contributed by atoms with Crippen LogP contribution in [0.5, 0.6) is 0 Å². The van der Waals surface area contributed by atoms with E-state index in [0.717, 1.165) is 0 Å². The molecule has 1 aliphatic heterocycles. The molecule has 0 amide bonds. The molecule has 4 atom stereocenters. The number of hydrogen-bond acceptors (Lipinski definition) is 5. The maximum Gasteiger partial charge on any atom is 0.184 e. The van der Waals surface area contributed by atoms with E-state index in [0.29, 0.717) is 6.61 Å². The molecular formula is C15H36O5Si3. The van der Waals surface area contributed by atoms with E-state index < -0.39 is 31.2 Å². The monoisotopic (exact) mass is 380 g/mol. The lowest BCUT2D eigenvalue weighted by molar-refractivity contribution is -0.250. The van der Waals surface area contributed by atoms with Crippen molar-refractivity contribution in [2.45, 2.75) is 83.5 Å². The zero-order valence-corrected chi connectivity index (χ0v) is 19.6. The molecule has 1 rings (SSSR count). The summed E-state index contributed by atoms with van der Waals surface area (Å²) in [6, 6.07) is 0. The zero-order valence-electron chi connectivity index (χ0n) is 16.6. The summed E-state index contributed by atoms with van der Waals surface area (Å²) in [5.74, 6) is 0. The third-order valence-electron chi connectivity index (χ3n) is 3.10. The molecule has 0 radical (unpaired) electrons. The van der Waals surface area contributed by atoms with Gasteiger partial charge < -0.3 is 22.8 Å². The van der Waals surface area contributed by atoms with Crippen molar-refractivity contribution in [1.82, 2.24) is 0 Å². The van der Waals surface area contributed by atoms with E-state index in [1.165, 1.54) is 0 Å². The van der Waals surface area contributed by atoms with Gasteiger partial charge in [0.05, 0.1) is 12.7 Å². The number of ether oxygens (including phenoxy) is 2. The van der Waals surface area contributed by atoms with Crippen LogP contribution in [0.25, 0.3) is 0 Å². The largest absolute Gasteiger partial charge is 0.410 e. The highest BCUT2D eigenvalue weighted by Gasteiger charge is 2.47. The fourth-order valence-corrected chi connectivity index (χ4v) is 5.86. The average molecular weight is 381 g/mol. The number of rotatable bonds is 7. The average Bonchev–Trinajstić information content (AvgIpc) is 2.28. The van der Waals surface area contributed by atoms with Gasteiger partial charge in [-0.2, -0.15) is 0 Å². The van der Waals surface area contributed by atoms with Crippen LogP contribution >= 0.6 is 0 Å². The summed E-state index contributed by atoms with van der Waals surface area (Å²) in [4.78, 5) is 0. The minimum absolute atomic E-state index is 0.0962. The molecule has 23 heavy (non-hydrogen) atoms. The van der Waals surface area contributed by atoms with E-state index in [1.54, 1.807) is 7.11 Å². The summed E-state index contributed by atoms with van der Waals surface area (Å²) in [6.07, 6.45) is -0.877. The Kier molecular flexibility index (Phi) is 7.27. The second-order valence-electron chi connectivity index (χ2n) is 9.10. The Morgan fingerprint density at radius 2 is 1.13 bits per heavy atom. The minimum Gasteiger partial charge on any atom is -0.410 e. The normalized spacial score (nSPS) is 30.5. The molecule has 1 fully saturated rings. The third-order valence-corrected chi connectivity index (χ3v) is 6.07. The summed E-state index contributed by atoms with van der Waals surface area (Å²) in [7, 11) is -3.59. The van der Waals surface area contributed by atoms with Crippen LogP contribution in [-0.4, -0.2) is 63.3 Å². The van der Waals surface area contributed by atoms with Crippen molar-refractivity contribution in [3.8, 4) is 0 Å². The topological polar surface area (TPSA) is 46.2 Å². The molecule has 0 N–H and O–H groups in total. The van der Waals surface area contributed by atoms with Crippen molar-refractivity contribution in [3.05, 3.63) is 0 Å². The second-order valence-corrected chi connectivity index (χ2v) is 22.5. The molecule has 0 aromatic carbocycles. The molecule has 0 aliphatic carbocycles. The summed E-state index contributed by atoms with van der Waals surface area (Å²) in [5, 5.41) is 0. The van der Waals surface area contributed by atoms with Crippen LogP contribution in [0.4, 0.5) is 0 Å². The molecular weight excluding hydrogens is 344 g/mol. The van der Waals surface area contributed by atoms with Gasteiger partial charge >= 0.3 is 0 Å². The van der Waals surface area contributed by atoms with Crippen LogP contribution in [0, 0.1) is 0 Å². The van der Waals surface area contributed by atoms with Crippen molar-refractivity contribution < 1.29 is 22.8 Å². The Bertz CT molecular complexity index is 373. The predicted molar refractivity (Wildman–Crippen MR) is 101 cm³/mol. The Labute approximate surface area is 145 Å². The lowest BCUT2D eigenvalue weighted by atomic mass is 10.1. The Hall–Kier alpha value is 0.451. The van der Waals surface area contributed by atoms with Crippen molar-refractivity contribution in [2.24, 2.45) is 0 Å². The van der Waals surface area contributed by atoms with Crippen LogP contribution in [0.2, 0.25) is 58.9 Å². The zero-order chi connectivity index (χ0) is 18.1. The lowest BCUT2D eigenvalue weighted by Gasteiger charge is -2.47. The molecule has 138 valence electrons. The van der Waals surface area contributed by atoms with Crippen LogP contribution in [0.1, 0.15) is 0 Å². The van der Waals surface area contributed by atoms with Crippen molar-refractivity contribution in [1.29, 1.82) is 0 Å². The highest BCUT2D eigenvalue weighted by Crippen LogP contribution is 2.30. The molecule has 0 aromatic heterocycles. The first kappa shape index (κ1) is 21.5. The van der Waals surface area contributed by atoms with E-state index in [-0.39, 0.29) is 18.3 Å². The van der Waals surface area contributed by atoms with Gasteiger partial charge in [0.1, 0.15) is 12.2 Å². The van der Waals surface area contributed by atoms with E-state index in [4.69, 9.17) is 22.8 Å². The standard InChI is InChI=1S/C15H36O5Si3/c1-16-15-14(20-23(8,9)10)13(19-22(5,6)7)12(11-17-15)18-21(2,3)4/h12-15H,11H2,1-10H3/t12-,13+,14+,15?/m1/s1. The van der Waals surface area contributed by atoms with Gasteiger partial charge in [-0.15, -0.1) is 0 Å². The maximum atomic E-state index is 6.50. The number of hydrogen-bond donors (Lipinski definition) is 0. The second kappa shape index (κ2) is 7.77. The predicted octanol–water partition coefficient (Wildman–Crippen LogP) is 3.65. The van der Waals surface area contributed by atoms with Crippen molar-refractivity contribution >= 4 is 25.0 Å². The SMILES string of the molecule is COC1OC[C@@H](O[Si](C)(C)C)[C@H](O[Si](C)(C)C)[C@@H]1O[Si](C)(C)C. The van der Waals surface area contributed by atoms with Gasteiger partial charge in [0, 0.05) is 7.11 Å². The molecule has 0 aromatic rings. The maximum absolute atomic E-state index is 6.50. The molecule has 0 spiro atoms. The highest BCUT2D eigenvalue weighted by molar-refractivity contribution is 6.70. The Balaban J connectivity index is 3.08. The Morgan fingerprint density at radius 3 is 1.52 bits per heavy atom. The van der Waals surface area contributed by atoms with Gasteiger partial charge in [-0.25, -0.2) is 0 Å². The first-order valence-corrected chi connectivity index (χ1v) is 18.6. The molecule has 1 heterocycles. The third kappa shape index (κ3) is 7.91. The molecule has 0 saturated carbocycles. The van der Waals surface area contributed by atoms with Gasteiger partial charge in [0.25, 0.3) is 0 Å². The quantitative estimate of drug-likeness (QED) is 0.631. The van der Waals surface area contributed by atoms with E-state index in [1.807, 2.05) is 0 Å². The molecule has 5 nitrogen and oxygen atoms in total. The molecule has 0 bridgehead atoms. The van der Waals surface area contributed by atoms with Crippen LogP contribution in [-0.2, 0) is 22.8 Å². The fraction of sp³-hybridized carbons (Fsp3) is 1.00. The van der Waals surface area contributed by atoms with Crippen LogP contribution in [0.15, 0.2) is 0 Å². The van der Waals surface area contributed by atoms with E-state index in [9.17, 15) is 0 Å². The van der Waals surface area contributed by atoms with Crippen molar-refractivity contribution in [2.75, 3.05) is 13.7 Å². The van der Waals surface area contributed by atoms with E-state index >= 15 is 0 Å². The summed E-state index contributed by atoms with van der Waals surface area (Å²) in [6.45, 7) is 20.2. The summed E-state index contributed by atoms with van der Waals surface area (Å²) >= 11 is 0. The first-order chi connectivity index (χ1) is 10.2. The van der Waals surface area contributed by atoms with Gasteiger partial charge in [0.15, 0.2) is 31.2 Å². The molecule has 1 saturated heterocycles. The van der Waals surface area contributed by atoms with Crippen molar-refractivity contribution in [3.63, 3.8) is 0 Å². The Morgan fingerprint density at radius 1 is 0.696 bits per heavy atom. The van der Waals surface area contributed by atoms with Crippen LogP contribution < -0.4 is 0 Å². The smallest absolute Gasteiger partial charge is 0.184 e. The highest BCUT2D eigenvalue weighted by atomic mass is 28.4. The van der Waals surface area contributed by atoms with E-state index in [2.05, 4.69) is 58.9 Å². The summed E-state index contributed by atoms with van der Waals surface area (Å²) < 4.78 is 30.7.